The zero-order valence-electron chi connectivity index (χ0n) is 12.8. The Morgan fingerprint density at radius 2 is 2.14 bits per heavy atom. The molecule has 1 aliphatic rings. The first-order chi connectivity index (χ1) is 10.5. The molecular weight excluding hydrogens is 351 g/mol. The molecule has 122 valence electrons. The lowest BCUT2D eigenvalue weighted by molar-refractivity contribution is -0.139. The van der Waals surface area contributed by atoms with Crippen LogP contribution in [0.15, 0.2) is 22.7 Å². The monoisotopic (exact) mass is 372 g/mol. The van der Waals surface area contributed by atoms with Gasteiger partial charge in [0.15, 0.2) is 0 Å². The molecule has 0 unspecified atom stereocenters. The molecule has 6 heteroatoms. The molecule has 1 saturated heterocycles. The van der Waals surface area contributed by atoms with Crippen molar-refractivity contribution in [1.29, 1.82) is 0 Å². The Bertz CT molecular complexity index is 519. The Morgan fingerprint density at radius 1 is 1.45 bits per heavy atom. The number of likely N-dealkylation sites (N-methyl/N-ethyl adjacent to an activating group) is 1. The van der Waals surface area contributed by atoms with Gasteiger partial charge in [-0.05, 0) is 54.5 Å². The van der Waals surface area contributed by atoms with Gasteiger partial charge in [-0.3, -0.25) is 14.6 Å². The maximum Gasteiger partial charge on any atom is 0.317 e. The van der Waals surface area contributed by atoms with Gasteiger partial charge in [0.05, 0.1) is 11.0 Å². The molecule has 22 heavy (non-hydrogen) atoms. The van der Waals surface area contributed by atoms with Crippen LogP contribution in [0.2, 0.25) is 0 Å². The van der Waals surface area contributed by atoms with Gasteiger partial charge in [-0.25, -0.2) is 4.39 Å². The van der Waals surface area contributed by atoms with Gasteiger partial charge in [0.25, 0.3) is 0 Å². The number of aliphatic carboxylic acids is 1. The van der Waals surface area contributed by atoms with Gasteiger partial charge >= 0.3 is 5.97 Å². The van der Waals surface area contributed by atoms with Crippen LogP contribution < -0.4 is 0 Å². The zero-order valence-corrected chi connectivity index (χ0v) is 14.4. The fourth-order valence-corrected chi connectivity index (χ4v) is 3.43. The number of piperidine rings is 1. The van der Waals surface area contributed by atoms with E-state index in [4.69, 9.17) is 5.11 Å². The van der Waals surface area contributed by atoms with E-state index in [0.717, 1.165) is 32.5 Å². The molecule has 2 rings (SSSR count). The second-order valence-electron chi connectivity index (χ2n) is 5.68. The molecule has 1 fully saturated rings. The largest absolute Gasteiger partial charge is 0.480 e. The molecule has 4 nitrogen and oxygen atoms in total. The van der Waals surface area contributed by atoms with Gasteiger partial charge < -0.3 is 5.11 Å². The van der Waals surface area contributed by atoms with Crippen LogP contribution in [0.25, 0.3) is 0 Å². The molecule has 0 saturated carbocycles. The van der Waals surface area contributed by atoms with E-state index in [-0.39, 0.29) is 12.4 Å². The molecule has 0 radical (unpaired) electrons. The molecule has 0 aliphatic carbocycles. The minimum Gasteiger partial charge on any atom is -0.480 e. The lowest BCUT2D eigenvalue weighted by Gasteiger charge is -2.37. The third kappa shape index (κ3) is 4.51. The minimum absolute atomic E-state index is 0.0986. The van der Waals surface area contributed by atoms with Crippen molar-refractivity contribution in [2.24, 2.45) is 0 Å². The number of hydrogen-bond acceptors (Lipinski definition) is 3. The van der Waals surface area contributed by atoms with E-state index in [1.807, 2.05) is 24.0 Å². The van der Waals surface area contributed by atoms with Crippen LogP contribution in [-0.4, -0.2) is 53.1 Å². The number of rotatable bonds is 6. The predicted molar refractivity (Wildman–Crippen MR) is 87.3 cm³/mol. The average Bonchev–Trinajstić information content (AvgIpc) is 2.50. The van der Waals surface area contributed by atoms with E-state index in [1.54, 1.807) is 6.07 Å². The Balaban J connectivity index is 1.89. The standard InChI is InChI=1S/C16H22BrFN2O2/c1-2-20(11-15(21)22)13-6-8-19(9-7-13)10-12-4-3-5-14(17)16(12)18/h3-5,13H,2,6-11H2,1H3,(H,21,22). The van der Waals surface area contributed by atoms with E-state index in [0.29, 0.717) is 22.6 Å². The third-order valence-corrected chi connectivity index (χ3v) is 4.86. The van der Waals surface area contributed by atoms with Crippen molar-refractivity contribution in [1.82, 2.24) is 9.80 Å². The number of likely N-dealkylation sites (tertiary alicyclic amines) is 1. The van der Waals surface area contributed by atoms with E-state index < -0.39 is 5.97 Å². The summed E-state index contributed by atoms with van der Waals surface area (Å²) in [7, 11) is 0. The van der Waals surface area contributed by atoms with Crippen molar-refractivity contribution in [3.63, 3.8) is 0 Å². The highest BCUT2D eigenvalue weighted by Gasteiger charge is 2.25. The summed E-state index contributed by atoms with van der Waals surface area (Å²) in [4.78, 5) is 15.1. The first-order valence-corrected chi connectivity index (χ1v) is 8.41. The van der Waals surface area contributed by atoms with Gasteiger partial charge in [-0.2, -0.15) is 0 Å². The summed E-state index contributed by atoms with van der Waals surface area (Å²) in [5.74, 6) is -0.967. The number of halogens is 2. The fourth-order valence-electron chi connectivity index (χ4n) is 3.03. The van der Waals surface area contributed by atoms with Crippen LogP contribution in [0.3, 0.4) is 0 Å². The average molecular weight is 373 g/mol. The van der Waals surface area contributed by atoms with E-state index in [9.17, 15) is 9.18 Å². The van der Waals surface area contributed by atoms with Crippen LogP contribution in [0.5, 0.6) is 0 Å². The van der Waals surface area contributed by atoms with E-state index in [2.05, 4.69) is 20.8 Å². The molecule has 1 N–H and O–H groups in total. The number of carboxylic acids is 1. The fraction of sp³-hybridized carbons (Fsp3) is 0.562. The van der Waals surface area contributed by atoms with Crippen molar-refractivity contribution in [3.8, 4) is 0 Å². The van der Waals surface area contributed by atoms with Gasteiger partial charge in [-0.15, -0.1) is 0 Å². The molecular formula is C16H22BrFN2O2. The summed E-state index contributed by atoms with van der Waals surface area (Å²) in [6, 6.07) is 5.68. The highest BCUT2D eigenvalue weighted by Crippen LogP contribution is 2.22. The Morgan fingerprint density at radius 3 is 2.73 bits per heavy atom. The number of benzene rings is 1. The highest BCUT2D eigenvalue weighted by molar-refractivity contribution is 9.10. The summed E-state index contributed by atoms with van der Waals surface area (Å²) in [5, 5.41) is 8.95. The van der Waals surface area contributed by atoms with Crippen molar-refractivity contribution in [3.05, 3.63) is 34.1 Å². The van der Waals surface area contributed by atoms with Crippen molar-refractivity contribution in [2.45, 2.75) is 32.4 Å². The highest BCUT2D eigenvalue weighted by atomic mass is 79.9. The molecule has 0 atom stereocenters. The van der Waals surface area contributed by atoms with Crippen LogP contribution >= 0.6 is 15.9 Å². The molecule has 1 aromatic rings. The molecule has 0 amide bonds. The summed E-state index contributed by atoms with van der Waals surface area (Å²) in [5.41, 5.74) is 0.700. The molecule has 1 heterocycles. The molecule has 1 aromatic carbocycles. The SMILES string of the molecule is CCN(CC(=O)O)C1CCN(Cc2cccc(Br)c2F)CC1. The molecule has 0 spiro atoms. The first-order valence-electron chi connectivity index (χ1n) is 7.62. The quantitative estimate of drug-likeness (QED) is 0.833. The maximum atomic E-state index is 14.0. The maximum absolute atomic E-state index is 14.0. The summed E-state index contributed by atoms with van der Waals surface area (Å²) >= 11 is 3.22. The third-order valence-electron chi connectivity index (χ3n) is 4.24. The number of hydrogen-bond donors (Lipinski definition) is 1. The van der Waals surface area contributed by atoms with Crippen molar-refractivity contribution in [2.75, 3.05) is 26.2 Å². The lowest BCUT2D eigenvalue weighted by Crippen LogP contribution is -2.46. The van der Waals surface area contributed by atoms with E-state index in [1.165, 1.54) is 0 Å². The minimum atomic E-state index is -0.777. The van der Waals surface area contributed by atoms with Crippen LogP contribution in [0, 0.1) is 5.82 Å². The molecule has 1 aliphatic heterocycles. The predicted octanol–water partition coefficient (Wildman–Crippen LogP) is 2.96. The molecule has 0 aromatic heterocycles. The molecule has 0 bridgehead atoms. The van der Waals surface area contributed by atoms with Crippen molar-refractivity contribution >= 4 is 21.9 Å². The lowest BCUT2D eigenvalue weighted by atomic mass is 10.0. The smallest absolute Gasteiger partial charge is 0.317 e. The van der Waals surface area contributed by atoms with Crippen LogP contribution in [0.4, 0.5) is 4.39 Å². The topological polar surface area (TPSA) is 43.8 Å². The first kappa shape index (κ1) is 17.4. The van der Waals surface area contributed by atoms with Crippen LogP contribution in [-0.2, 0) is 11.3 Å². The van der Waals surface area contributed by atoms with Gasteiger partial charge in [0.1, 0.15) is 5.82 Å². The summed E-state index contributed by atoms with van der Waals surface area (Å²) in [6.07, 6.45) is 1.85. The van der Waals surface area contributed by atoms with E-state index >= 15 is 0 Å². The second-order valence-corrected chi connectivity index (χ2v) is 6.53. The zero-order chi connectivity index (χ0) is 16.1. The Hall–Kier alpha value is -0.980. The number of nitrogens with zero attached hydrogens (tertiary/aromatic N) is 2. The Kier molecular flexibility index (Phi) is 6.35. The van der Waals surface area contributed by atoms with Gasteiger partial charge in [0, 0.05) is 18.2 Å². The normalized spacial score (nSPS) is 17.1. The summed E-state index contributed by atoms with van der Waals surface area (Å²) in [6.45, 7) is 5.17. The van der Waals surface area contributed by atoms with Crippen LogP contribution in [0.1, 0.15) is 25.3 Å². The summed E-state index contributed by atoms with van der Waals surface area (Å²) < 4.78 is 14.5. The van der Waals surface area contributed by atoms with Gasteiger partial charge in [0.2, 0.25) is 0 Å². The van der Waals surface area contributed by atoms with Crippen molar-refractivity contribution < 1.29 is 14.3 Å². The Labute approximate surface area is 139 Å². The van der Waals surface area contributed by atoms with Gasteiger partial charge in [-0.1, -0.05) is 19.1 Å². The second kappa shape index (κ2) is 8.04. The number of carboxylic acid groups (broad SMARTS) is 1. The number of carbonyl (C=O) groups is 1.